The van der Waals surface area contributed by atoms with Crippen LogP contribution in [0.5, 0.6) is 0 Å². The van der Waals surface area contributed by atoms with Gasteiger partial charge in [0.2, 0.25) is 5.60 Å². The number of aromatic nitrogens is 1. The Balaban J connectivity index is 1.12. The molecule has 2 aliphatic heterocycles. The maximum atomic E-state index is 14.7. The first-order valence-electron chi connectivity index (χ1n) is 22.6. The number of nitrogens with zero attached hydrogens (tertiary/aromatic N) is 3. The number of hydrogen-bond donors (Lipinski definition) is 2. The summed E-state index contributed by atoms with van der Waals surface area (Å²) in [4.78, 5) is 69.1. The van der Waals surface area contributed by atoms with Crippen LogP contribution in [0.2, 0.25) is 0 Å². The Hall–Kier alpha value is -7.00. The largest absolute Gasteiger partial charge is 0.457 e. The molecule has 15 heteroatoms. The third kappa shape index (κ3) is 10.7. The Morgan fingerprint density at radius 3 is 1.81 bits per heavy atom. The highest BCUT2D eigenvalue weighted by atomic mass is 35.5. The lowest BCUT2D eigenvalue weighted by Gasteiger charge is -2.49. The molecule has 6 aromatic rings. The number of amides is 2. The Bertz CT molecular complexity index is 2770. The number of halogens is 1. The molecule has 3 heterocycles. The van der Waals surface area contributed by atoms with Crippen LogP contribution in [0.25, 0.3) is 0 Å². The van der Waals surface area contributed by atoms with E-state index in [0.29, 0.717) is 16.5 Å². The number of thiazole rings is 1. The summed E-state index contributed by atoms with van der Waals surface area (Å²) in [6.07, 6.45) is 2.64. The minimum Gasteiger partial charge on any atom is -0.457 e. The number of benzene rings is 5. The van der Waals surface area contributed by atoms with Crippen molar-refractivity contribution in [1.29, 1.82) is 0 Å². The van der Waals surface area contributed by atoms with Crippen molar-refractivity contribution in [1.82, 2.24) is 15.2 Å². The number of thioether (sulfide) groups is 1. The predicted octanol–water partition coefficient (Wildman–Crippen LogP) is 10.2. The number of fused-ring (bicyclic) bond motifs is 1. The molecular weight excluding hydrogens is 942 g/mol. The smallest absolute Gasteiger partial charge is 0.356 e. The maximum absolute atomic E-state index is 14.7. The van der Waals surface area contributed by atoms with Crippen molar-refractivity contribution >= 4 is 69.3 Å². The van der Waals surface area contributed by atoms with Crippen molar-refractivity contribution in [3.8, 4) is 0 Å². The number of nitrogens with one attached hydrogen (secondary N) is 2. The highest BCUT2D eigenvalue weighted by Gasteiger charge is 2.55. The molecule has 2 amide bonds. The number of carbonyl (C=O) groups is 4. The molecule has 358 valence electrons. The van der Waals surface area contributed by atoms with Crippen LogP contribution in [-0.2, 0) is 39.0 Å². The molecule has 0 spiro atoms. The number of ether oxygens (including phenoxy) is 2. The number of hydrogen-bond acceptors (Lipinski definition) is 12. The quantitative estimate of drug-likeness (QED) is 0.0226. The minimum atomic E-state index is -1.65. The van der Waals surface area contributed by atoms with Crippen molar-refractivity contribution in [3.63, 3.8) is 0 Å². The van der Waals surface area contributed by atoms with Crippen LogP contribution in [-0.4, -0.2) is 73.6 Å². The molecule has 0 saturated carbocycles. The molecule has 1 fully saturated rings. The van der Waals surface area contributed by atoms with E-state index >= 15 is 0 Å². The van der Waals surface area contributed by atoms with Gasteiger partial charge in [-0.15, -0.1) is 34.7 Å². The average Bonchev–Trinajstić information content (AvgIpc) is 3.84. The molecule has 0 aliphatic carbocycles. The van der Waals surface area contributed by atoms with E-state index in [1.54, 1.807) is 38.3 Å². The topological polar surface area (TPSA) is 149 Å². The fourth-order valence-corrected chi connectivity index (χ4v) is 10.2. The second-order valence-electron chi connectivity index (χ2n) is 18.0. The highest BCUT2D eigenvalue weighted by molar-refractivity contribution is 8.00. The van der Waals surface area contributed by atoms with E-state index in [0.717, 1.165) is 27.8 Å². The molecule has 2 atom stereocenters. The number of esters is 2. The van der Waals surface area contributed by atoms with Crippen molar-refractivity contribution in [3.05, 3.63) is 214 Å². The summed E-state index contributed by atoms with van der Waals surface area (Å²) in [5, 5.41) is 12.3. The van der Waals surface area contributed by atoms with Crippen LogP contribution in [0.4, 0.5) is 5.13 Å². The summed E-state index contributed by atoms with van der Waals surface area (Å²) < 4.78 is 11.9. The van der Waals surface area contributed by atoms with Crippen LogP contribution in [0, 0.1) is 0 Å². The van der Waals surface area contributed by atoms with Gasteiger partial charge in [-0.1, -0.05) is 169 Å². The lowest BCUT2D eigenvalue weighted by atomic mass is 9.77. The summed E-state index contributed by atoms with van der Waals surface area (Å²) in [6.45, 7) is 8.17. The number of allylic oxidation sites excluding steroid dienone is 2. The molecular formula is C55H52ClN5O7S2. The van der Waals surface area contributed by atoms with Crippen molar-refractivity contribution < 1.29 is 33.5 Å². The second kappa shape index (κ2) is 21.3. The van der Waals surface area contributed by atoms with E-state index in [1.807, 2.05) is 152 Å². The van der Waals surface area contributed by atoms with Gasteiger partial charge in [-0.25, -0.2) is 14.6 Å². The average molecular weight is 995 g/mol. The van der Waals surface area contributed by atoms with Crippen molar-refractivity contribution in [2.45, 2.75) is 68.9 Å². The zero-order valence-corrected chi connectivity index (χ0v) is 41.6. The standard InChI is InChI=1S/C55H52ClN5O7S2/c1-53(2,3)67-51(65)54(4,5)68-60-43(42-35-70-52(57-42)59-55(39-27-15-8-16-28-39,40-29-17-9-18-30-40)41-31-19-10-20-32-41)47(62)58-44-48(63)61-45(38(26-21-33-56)34-69-49(44)61)50(64)66-46(36-22-11-6-12-23-36)37-24-13-7-14-25-37/h6-32,35,44,46,49H,33-34H2,1-5H3,(H,57,59)(H,58,62)/b26-21?,60-43-/t44?,49-/m1/s1. The molecule has 1 saturated heterocycles. The molecule has 5 aromatic carbocycles. The summed E-state index contributed by atoms with van der Waals surface area (Å²) >= 11 is 8.67. The number of carbonyl (C=O) groups excluding carboxylic acids is 4. The summed E-state index contributed by atoms with van der Waals surface area (Å²) in [5.74, 6) is -2.28. The van der Waals surface area contributed by atoms with Crippen LogP contribution < -0.4 is 10.6 Å². The fourth-order valence-electron chi connectivity index (χ4n) is 8.09. The van der Waals surface area contributed by atoms with Crippen LogP contribution in [0.1, 0.15) is 74.2 Å². The number of anilines is 1. The molecule has 1 aromatic heterocycles. The fraction of sp³-hybridized carbons (Fsp3) is 0.236. The molecule has 2 N–H and O–H groups in total. The van der Waals surface area contributed by atoms with Crippen molar-refractivity contribution in [2.24, 2.45) is 5.16 Å². The molecule has 70 heavy (non-hydrogen) atoms. The normalized spacial score (nSPS) is 16.4. The van der Waals surface area contributed by atoms with E-state index in [2.05, 4.69) is 15.8 Å². The summed E-state index contributed by atoms with van der Waals surface area (Å²) in [5.41, 5.74) is 1.29. The third-order valence-electron chi connectivity index (χ3n) is 11.4. The van der Waals surface area contributed by atoms with Gasteiger partial charge in [0.1, 0.15) is 33.9 Å². The van der Waals surface area contributed by atoms with E-state index in [9.17, 15) is 19.2 Å². The first kappa shape index (κ1) is 49.4. The number of alkyl halides is 1. The van der Waals surface area contributed by atoms with E-state index in [1.165, 1.54) is 41.8 Å². The lowest BCUT2D eigenvalue weighted by Crippen LogP contribution is -2.71. The molecule has 0 bridgehead atoms. The molecule has 2 aliphatic rings. The molecule has 12 nitrogen and oxygen atoms in total. The lowest BCUT2D eigenvalue weighted by molar-refractivity contribution is -0.179. The van der Waals surface area contributed by atoms with Gasteiger partial charge >= 0.3 is 11.9 Å². The minimum absolute atomic E-state index is 0.0581. The monoisotopic (exact) mass is 993 g/mol. The first-order valence-corrected chi connectivity index (χ1v) is 25.1. The van der Waals surface area contributed by atoms with E-state index in [4.69, 9.17) is 30.9 Å². The number of oxime groups is 1. The van der Waals surface area contributed by atoms with E-state index < -0.39 is 58.0 Å². The van der Waals surface area contributed by atoms with Gasteiger partial charge in [0.15, 0.2) is 16.9 Å². The van der Waals surface area contributed by atoms with Crippen LogP contribution in [0.3, 0.4) is 0 Å². The Morgan fingerprint density at radius 1 is 0.800 bits per heavy atom. The second-order valence-corrected chi connectivity index (χ2v) is 20.2. The summed E-state index contributed by atoms with van der Waals surface area (Å²) in [6, 6.07) is 47.6. The Kier molecular flexibility index (Phi) is 15.1. The van der Waals surface area contributed by atoms with Gasteiger partial charge in [-0.2, -0.15) is 0 Å². The Morgan fingerprint density at radius 2 is 1.31 bits per heavy atom. The zero-order chi connectivity index (χ0) is 49.5. The van der Waals surface area contributed by atoms with Gasteiger partial charge in [0.25, 0.3) is 11.8 Å². The first-order chi connectivity index (χ1) is 33.7. The maximum Gasteiger partial charge on any atom is 0.356 e. The summed E-state index contributed by atoms with van der Waals surface area (Å²) in [7, 11) is 0. The highest BCUT2D eigenvalue weighted by Crippen LogP contribution is 2.43. The van der Waals surface area contributed by atoms with Gasteiger partial charge in [-0.3, -0.25) is 14.5 Å². The van der Waals surface area contributed by atoms with Crippen LogP contribution >= 0.6 is 34.7 Å². The third-order valence-corrected chi connectivity index (χ3v) is 13.7. The molecule has 1 unspecified atom stereocenters. The van der Waals surface area contributed by atoms with Gasteiger partial charge < -0.3 is 24.9 Å². The van der Waals surface area contributed by atoms with Crippen molar-refractivity contribution in [2.75, 3.05) is 16.9 Å². The number of rotatable bonds is 17. The van der Waals surface area contributed by atoms with Gasteiger partial charge in [0.05, 0.1) is 0 Å². The predicted molar refractivity (Wildman–Crippen MR) is 275 cm³/mol. The molecule has 0 radical (unpaired) electrons. The van der Waals surface area contributed by atoms with Crippen LogP contribution in [0.15, 0.2) is 186 Å². The SMILES string of the molecule is CC(C)(C)OC(=O)C(C)(C)O/N=C(\C(=O)NC1C(=O)N2C(C(=O)OC(c3ccccc3)c3ccccc3)=C(C=CCCl)CS[C@H]12)c1csc(NC(c2ccccc2)(c2ccccc2)c2ccccc2)n1. The Labute approximate surface area is 420 Å². The van der Waals surface area contributed by atoms with E-state index in [-0.39, 0.29) is 23.0 Å². The zero-order valence-electron chi connectivity index (χ0n) is 39.2. The van der Waals surface area contributed by atoms with Gasteiger partial charge in [-0.05, 0) is 68.0 Å². The van der Waals surface area contributed by atoms with Gasteiger partial charge in [0, 0.05) is 17.0 Å². The number of β-lactam (4-membered cyclic amide) rings is 1. The molecule has 8 rings (SSSR count).